The van der Waals surface area contributed by atoms with Crippen molar-refractivity contribution < 1.29 is 0 Å². The average Bonchev–Trinajstić information content (AvgIpc) is 3.12. The van der Waals surface area contributed by atoms with Crippen LogP contribution in [0.2, 0.25) is 0 Å². The lowest BCUT2D eigenvalue weighted by Crippen LogP contribution is -2.32. The fraction of sp³-hybridized carbons (Fsp3) is 0.333. The summed E-state index contributed by atoms with van der Waals surface area (Å²) < 4.78 is 0. The van der Waals surface area contributed by atoms with Crippen LogP contribution in [0.5, 0.6) is 0 Å². The molecule has 3 aromatic carbocycles. The van der Waals surface area contributed by atoms with Crippen LogP contribution in [-0.4, -0.2) is 6.04 Å². The highest BCUT2D eigenvalue weighted by molar-refractivity contribution is 5.76. The van der Waals surface area contributed by atoms with Gasteiger partial charge in [0.15, 0.2) is 0 Å². The second kappa shape index (κ2) is 8.04. The number of nitrogens with zero attached hydrogens (tertiary/aromatic N) is 1. The summed E-state index contributed by atoms with van der Waals surface area (Å²) in [6.45, 7) is 6.96. The maximum atomic E-state index is 2.64. The summed E-state index contributed by atoms with van der Waals surface area (Å²) >= 11 is 0. The Balaban J connectivity index is 1.46. The van der Waals surface area contributed by atoms with Gasteiger partial charge >= 0.3 is 0 Å². The molecular formula is C30H33N. The molecule has 1 aliphatic carbocycles. The van der Waals surface area contributed by atoms with Gasteiger partial charge in [-0.05, 0) is 58.7 Å². The molecule has 1 nitrogen and oxygen atoms in total. The Hall–Kier alpha value is -2.80. The summed E-state index contributed by atoms with van der Waals surface area (Å²) in [4.78, 5) is 2.64. The van der Waals surface area contributed by atoms with Crippen LogP contribution in [0.4, 0.5) is 11.4 Å². The lowest BCUT2D eigenvalue weighted by atomic mass is 9.80. The van der Waals surface area contributed by atoms with Crippen LogP contribution < -0.4 is 4.90 Å². The normalized spacial score (nSPS) is 20.7. The quantitative estimate of drug-likeness (QED) is 0.394. The van der Waals surface area contributed by atoms with Crippen LogP contribution in [0.25, 0.3) is 12.2 Å². The van der Waals surface area contributed by atoms with Gasteiger partial charge in [0.1, 0.15) is 0 Å². The molecule has 0 aromatic heterocycles. The van der Waals surface area contributed by atoms with Crippen molar-refractivity contribution in [3.63, 3.8) is 0 Å². The van der Waals surface area contributed by atoms with E-state index in [1.54, 1.807) is 5.56 Å². The first kappa shape index (κ1) is 20.1. The Labute approximate surface area is 187 Å². The van der Waals surface area contributed by atoms with E-state index in [1.165, 1.54) is 53.7 Å². The van der Waals surface area contributed by atoms with Crippen molar-refractivity contribution in [2.45, 2.75) is 63.8 Å². The molecule has 31 heavy (non-hydrogen) atoms. The molecule has 1 heteroatoms. The number of benzene rings is 3. The van der Waals surface area contributed by atoms with Crippen molar-refractivity contribution in [1.82, 2.24) is 0 Å². The van der Waals surface area contributed by atoms with E-state index in [2.05, 4.69) is 111 Å². The molecular weight excluding hydrogens is 374 g/mol. The van der Waals surface area contributed by atoms with E-state index in [4.69, 9.17) is 0 Å². The third-order valence-corrected chi connectivity index (χ3v) is 7.05. The largest absolute Gasteiger partial charge is 0.338 e. The van der Waals surface area contributed by atoms with Crippen molar-refractivity contribution in [1.29, 1.82) is 0 Å². The maximum absolute atomic E-state index is 2.64. The second-order valence-electron chi connectivity index (χ2n) is 10.2. The Morgan fingerprint density at radius 2 is 1.45 bits per heavy atom. The SMILES string of the molecule is CC(C)(C)c1ccc2c(c1)C1CCCCC1N2c1ccc(/C=C/c2ccccc2)cc1. The van der Waals surface area contributed by atoms with Crippen LogP contribution >= 0.6 is 0 Å². The van der Waals surface area contributed by atoms with Crippen molar-refractivity contribution in [2.24, 2.45) is 0 Å². The first-order chi connectivity index (χ1) is 15.0. The van der Waals surface area contributed by atoms with E-state index in [0.717, 1.165) is 0 Å². The molecule has 1 heterocycles. The summed E-state index contributed by atoms with van der Waals surface area (Å²) in [6.07, 6.45) is 9.70. The van der Waals surface area contributed by atoms with Crippen LogP contribution in [0.15, 0.2) is 72.8 Å². The molecule has 5 rings (SSSR count). The second-order valence-corrected chi connectivity index (χ2v) is 10.2. The van der Waals surface area contributed by atoms with Crippen LogP contribution in [-0.2, 0) is 5.41 Å². The molecule has 3 aromatic rings. The Bertz CT molecular complexity index is 1070. The van der Waals surface area contributed by atoms with Gasteiger partial charge in [0.05, 0.1) is 0 Å². The van der Waals surface area contributed by atoms with E-state index in [-0.39, 0.29) is 5.41 Å². The first-order valence-electron chi connectivity index (χ1n) is 11.8. The van der Waals surface area contributed by atoms with E-state index < -0.39 is 0 Å². The van der Waals surface area contributed by atoms with Gasteiger partial charge in [-0.2, -0.15) is 0 Å². The Kier molecular flexibility index (Phi) is 5.22. The topological polar surface area (TPSA) is 3.24 Å². The van der Waals surface area contributed by atoms with Gasteiger partial charge in [0.25, 0.3) is 0 Å². The summed E-state index contributed by atoms with van der Waals surface area (Å²) in [5.41, 5.74) is 8.46. The third-order valence-electron chi connectivity index (χ3n) is 7.05. The standard InChI is InChI=1S/C30H33N/c1-30(2,3)24-17-20-29-27(21-24)26-11-7-8-12-28(26)31(29)25-18-15-23(16-19-25)14-13-22-9-5-4-6-10-22/h4-6,9-10,13-21,26,28H,7-8,11-12H2,1-3H3/b14-13+. The van der Waals surface area contributed by atoms with E-state index >= 15 is 0 Å². The molecule has 0 saturated heterocycles. The molecule has 2 aliphatic rings. The molecule has 2 atom stereocenters. The van der Waals surface area contributed by atoms with Gasteiger partial charge in [-0.1, -0.05) is 100 Å². The molecule has 0 spiro atoms. The minimum Gasteiger partial charge on any atom is -0.338 e. The molecule has 1 saturated carbocycles. The number of anilines is 2. The minimum absolute atomic E-state index is 0.194. The van der Waals surface area contributed by atoms with Gasteiger partial charge in [0, 0.05) is 23.3 Å². The number of hydrogen-bond donors (Lipinski definition) is 0. The summed E-state index contributed by atoms with van der Waals surface area (Å²) in [7, 11) is 0. The van der Waals surface area contributed by atoms with Gasteiger partial charge < -0.3 is 4.90 Å². The van der Waals surface area contributed by atoms with Crippen LogP contribution in [0.1, 0.15) is 74.6 Å². The van der Waals surface area contributed by atoms with Gasteiger partial charge in [-0.3, -0.25) is 0 Å². The molecule has 1 aliphatic heterocycles. The minimum atomic E-state index is 0.194. The van der Waals surface area contributed by atoms with Crippen LogP contribution in [0.3, 0.4) is 0 Å². The monoisotopic (exact) mass is 407 g/mol. The summed E-state index contributed by atoms with van der Waals surface area (Å²) in [5, 5.41) is 0. The lowest BCUT2D eigenvalue weighted by Gasteiger charge is -2.33. The van der Waals surface area contributed by atoms with E-state index in [0.29, 0.717) is 12.0 Å². The van der Waals surface area contributed by atoms with E-state index in [1.807, 2.05) is 0 Å². The fourth-order valence-corrected chi connectivity index (χ4v) is 5.33. The molecule has 0 bridgehead atoms. The lowest BCUT2D eigenvalue weighted by molar-refractivity contribution is 0.402. The summed E-state index contributed by atoms with van der Waals surface area (Å²) in [6, 6.07) is 27.5. The number of hydrogen-bond acceptors (Lipinski definition) is 1. The predicted octanol–water partition coefficient (Wildman–Crippen LogP) is 8.33. The molecule has 158 valence electrons. The smallest absolute Gasteiger partial charge is 0.0449 e. The maximum Gasteiger partial charge on any atom is 0.0449 e. The Morgan fingerprint density at radius 1 is 0.774 bits per heavy atom. The highest BCUT2D eigenvalue weighted by Crippen LogP contribution is 2.51. The highest BCUT2D eigenvalue weighted by atomic mass is 15.2. The van der Waals surface area contributed by atoms with Gasteiger partial charge in [-0.25, -0.2) is 0 Å². The van der Waals surface area contributed by atoms with Crippen LogP contribution in [0, 0.1) is 0 Å². The fourth-order valence-electron chi connectivity index (χ4n) is 5.33. The van der Waals surface area contributed by atoms with E-state index in [9.17, 15) is 0 Å². The first-order valence-corrected chi connectivity index (χ1v) is 11.8. The third kappa shape index (κ3) is 3.94. The molecule has 2 unspecified atom stereocenters. The Morgan fingerprint density at radius 3 is 2.16 bits per heavy atom. The van der Waals surface area contributed by atoms with Gasteiger partial charge in [0.2, 0.25) is 0 Å². The zero-order valence-corrected chi connectivity index (χ0v) is 19.0. The van der Waals surface area contributed by atoms with Crippen molar-refractivity contribution in [2.75, 3.05) is 4.90 Å². The zero-order valence-electron chi connectivity index (χ0n) is 19.0. The number of rotatable bonds is 3. The molecule has 0 N–H and O–H groups in total. The van der Waals surface area contributed by atoms with Crippen molar-refractivity contribution in [3.8, 4) is 0 Å². The summed E-state index contributed by atoms with van der Waals surface area (Å²) in [5.74, 6) is 0.670. The number of fused-ring (bicyclic) bond motifs is 3. The van der Waals surface area contributed by atoms with Gasteiger partial charge in [-0.15, -0.1) is 0 Å². The molecule has 0 radical (unpaired) electrons. The highest BCUT2D eigenvalue weighted by Gasteiger charge is 2.40. The van der Waals surface area contributed by atoms with Crippen molar-refractivity contribution >= 4 is 23.5 Å². The predicted molar refractivity (Wildman–Crippen MR) is 134 cm³/mol. The average molecular weight is 408 g/mol. The zero-order chi connectivity index (χ0) is 21.4. The molecule has 1 fully saturated rings. The molecule has 0 amide bonds. The van der Waals surface area contributed by atoms with Crippen molar-refractivity contribution in [3.05, 3.63) is 95.1 Å².